The van der Waals surface area contributed by atoms with E-state index in [1.165, 1.54) is 63.9 Å². The molecule has 0 radical (unpaired) electrons. The molecule has 1 unspecified atom stereocenters. The van der Waals surface area contributed by atoms with Gasteiger partial charge in [0, 0.05) is 6.54 Å². The molecule has 2 heteroatoms. The van der Waals surface area contributed by atoms with Crippen molar-refractivity contribution >= 4 is 6.08 Å². The zero-order chi connectivity index (χ0) is 14.2. The van der Waals surface area contributed by atoms with E-state index in [2.05, 4.69) is 24.0 Å². The molecule has 110 valence electrons. The number of unbranched alkanes of at least 4 members (excludes halogenated alkanes) is 2. The monoisotopic (exact) mass is 275 g/mol. The van der Waals surface area contributed by atoms with Crippen molar-refractivity contribution in [2.24, 2.45) is 5.92 Å². The predicted molar refractivity (Wildman–Crippen MR) is 84.1 cm³/mol. The summed E-state index contributed by atoms with van der Waals surface area (Å²) in [4.78, 5) is 2.60. The maximum absolute atomic E-state index is 12.8. The highest BCUT2D eigenvalue weighted by Crippen LogP contribution is 2.19. The summed E-state index contributed by atoms with van der Waals surface area (Å²) in [6.07, 6.45) is 11.0. The van der Waals surface area contributed by atoms with Crippen LogP contribution in [0.4, 0.5) is 4.39 Å². The van der Waals surface area contributed by atoms with Crippen LogP contribution in [0.3, 0.4) is 0 Å². The molecule has 2 rings (SSSR count). The van der Waals surface area contributed by atoms with Crippen LogP contribution in [0.5, 0.6) is 0 Å². The number of rotatable bonds is 6. The number of nitrogens with zero attached hydrogens (tertiary/aromatic N) is 1. The first-order chi connectivity index (χ1) is 9.78. The molecule has 0 saturated carbocycles. The summed E-state index contributed by atoms with van der Waals surface area (Å²) in [6, 6.07) is 6.73. The summed E-state index contributed by atoms with van der Waals surface area (Å²) in [7, 11) is 0. The molecule has 1 fully saturated rings. The van der Waals surface area contributed by atoms with Crippen molar-refractivity contribution in [3.63, 3.8) is 0 Å². The van der Waals surface area contributed by atoms with E-state index in [0.717, 1.165) is 5.56 Å². The van der Waals surface area contributed by atoms with Gasteiger partial charge in [-0.05, 0) is 56.0 Å². The molecule has 0 aromatic heterocycles. The third-order valence-electron chi connectivity index (χ3n) is 4.05. The lowest BCUT2D eigenvalue weighted by atomic mass is 9.96. The van der Waals surface area contributed by atoms with E-state index in [1.807, 2.05) is 12.1 Å². The second-order valence-electron chi connectivity index (χ2n) is 5.82. The first-order valence-electron chi connectivity index (χ1n) is 7.94. The Balaban J connectivity index is 1.81. The molecule has 0 aliphatic carbocycles. The summed E-state index contributed by atoms with van der Waals surface area (Å²) < 4.78 is 12.8. The van der Waals surface area contributed by atoms with E-state index in [4.69, 9.17) is 0 Å². The summed E-state index contributed by atoms with van der Waals surface area (Å²) in [5.74, 6) is 0.484. The lowest BCUT2D eigenvalue weighted by Crippen LogP contribution is -2.35. The zero-order valence-electron chi connectivity index (χ0n) is 12.5. The smallest absolute Gasteiger partial charge is 0.123 e. The summed E-state index contributed by atoms with van der Waals surface area (Å²) >= 11 is 0. The molecule has 1 aliphatic rings. The van der Waals surface area contributed by atoms with Crippen molar-refractivity contribution in [2.45, 2.75) is 39.0 Å². The number of piperidine rings is 1. The third kappa shape index (κ3) is 5.09. The molecule has 0 N–H and O–H groups in total. The van der Waals surface area contributed by atoms with Crippen molar-refractivity contribution in [3.8, 4) is 0 Å². The Hall–Kier alpha value is -1.15. The van der Waals surface area contributed by atoms with Gasteiger partial charge in [0.2, 0.25) is 0 Å². The van der Waals surface area contributed by atoms with E-state index in [1.54, 1.807) is 0 Å². The van der Waals surface area contributed by atoms with Crippen LogP contribution in [-0.4, -0.2) is 24.5 Å². The topological polar surface area (TPSA) is 3.24 Å². The lowest BCUT2D eigenvalue weighted by molar-refractivity contribution is 0.194. The first-order valence-corrected chi connectivity index (χ1v) is 7.94. The number of likely N-dealkylation sites (tertiary alicyclic amines) is 1. The average Bonchev–Trinajstić information content (AvgIpc) is 2.47. The highest BCUT2D eigenvalue weighted by atomic mass is 19.1. The molecule has 1 aromatic carbocycles. The molecule has 1 aliphatic heterocycles. The van der Waals surface area contributed by atoms with Gasteiger partial charge in [0.25, 0.3) is 0 Å². The van der Waals surface area contributed by atoms with E-state index < -0.39 is 0 Å². The largest absolute Gasteiger partial charge is 0.303 e. The third-order valence-corrected chi connectivity index (χ3v) is 4.05. The minimum absolute atomic E-state index is 0.165. The van der Waals surface area contributed by atoms with Crippen LogP contribution in [0.2, 0.25) is 0 Å². The fraction of sp³-hybridized carbons (Fsp3) is 0.556. The fourth-order valence-electron chi connectivity index (χ4n) is 2.86. The van der Waals surface area contributed by atoms with Gasteiger partial charge in [-0.3, -0.25) is 0 Å². The molecule has 20 heavy (non-hydrogen) atoms. The zero-order valence-corrected chi connectivity index (χ0v) is 12.5. The van der Waals surface area contributed by atoms with E-state index in [0.29, 0.717) is 5.92 Å². The SMILES string of the molecule is CCCCCN1CCCC(C=Cc2ccc(F)cc2)C1. The normalized spacial score (nSPS) is 20.6. The molecule has 0 bridgehead atoms. The lowest BCUT2D eigenvalue weighted by Gasteiger charge is -2.31. The van der Waals surface area contributed by atoms with Gasteiger partial charge in [-0.2, -0.15) is 0 Å². The molecule has 1 aromatic rings. The minimum atomic E-state index is -0.165. The Morgan fingerprint density at radius 1 is 1.25 bits per heavy atom. The van der Waals surface area contributed by atoms with Gasteiger partial charge in [0.15, 0.2) is 0 Å². The molecular weight excluding hydrogens is 249 g/mol. The Morgan fingerprint density at radius 3 is 2.80 bits per heavy atom. The standard InChI is InChI=1S/C18H26FN/c1-2-3-4-13-20-14-5-6-17(15-20)8-7-16-9-11-18(19)12-10-16/h7-12,17H,2-6,13-15H2,1H3. The van der Waals surface area contributed by atoms with Crippen LogP contribution < -0.4 is 0 Å². The number of hydrogen-bond donors (Lipinski definition) is 0. The van der Waals surface area contributed by atoms with Crippen molar-refractivity contribution < 1.29 is 4.39 Å². The minimum Gasteiger partial charge on any atom is -0.303 e. The second kappa shape index (κ2) is 8.21. The number of benzene rings is 1. The molecule has 1 heterocycles. The highest BCUT2D eigenvalue weighted by molar-refractivity contribution is 5.49. The van der Waals surface area contributed by atoms with Gasteiger partial charge < -0.3 is 4.90 Å². The average molecular weight is 275 g/mol. The highest BCUT2D eigenvalue weighted by Gasteiger charge is 2.16. The summed E-state index contributed by atoms with van der Waals surface area (Å²) in [5.41, 5.74) is 1.09. The van der Waals surface area contributed by atoms with Gasteiger partial charge in [-0.15, -0.1) is 0 Å². The van der Waals surface area contributed by atoms with Crippen LogP contribution in [0.1, 0.15) is 44.6 Å². The fourth-order valence-corrected chi connectivity index (χ4v) is 2.86. The first kappa shape index (κ1) is 15.2. The molecule has 1 saturated heterocycles. The molecule has 1 nitrogen and oxygen atoms in total. The molecule has 1 atom stereocenters. The van der Waals surface area contributed by atoms with Crippen molar-refractivity contribution in [1.82, 2.24) is 4.90 Å². The quantitative estimate of drug-likeness (QED) is 0.678. The molecule has 0 amide bonds. The Kier molecular flexibility index (Phi) is 6.25. The van der Waals surface area contributed by atoms with E-state index in [-0.39, 0.29) is 5.82 Å². The Morgan fingerprint density at radius 2 is 2.05 bits per heavy atom. The van der Waals surface area contributed by atoms with Gasteiger partial charge in [0.05, 0.1) is 0 Å². The van der Waals surface area contributed by atoms with Crippen LogP contribution in [0, 0.1) is 11.7 Å². The van der Waals surface area contributed by atoms with Crippen LogP contribution in [0.25, 0.3) is 6.08 Å². The molecular formula is C18H26FN. The number of hydrogen-bond acceptors (Lipinski definition) is 1. The second-order valence-corrected chi connectivity index (χ2v) is 5.82. The Labute approximate surface area is 122 Å². The van der Waals surface area contributed by atoms with Crippen LogP contribution in [-0.2, 0) is 0 Å². The maximum atomic E-state index is 12.8. The van der Waals surface area contributed by atoms with Gasteiger partial charge in [0.1, 0.15) is 5.82 Å². The molecule has 0 spiro atoms. The van der Waals surface area contributed by atoms with Gasteiger partial charge in [-0.1, -0.05) is 44.1 Å². The number of halogens is 1. The van der Waals surface area contributed by atoms with Crippen molar-refractivity contribution in [1.29, 1.82) is 0 Å². The van der Waals surface area contributed by atoms with E-state index in [9.17, 15) is 4.39 Å². The van der Waals surface area contributed by atoms with Crippen molar-refractivity contribution in [3.05, 3.63) is 41.7 Å². The van der Waals surface area contributed by atoms with Crippen molar-refractivity contribution in [2.75, 3.05) is 19.6 Å². The van der Waals surface area contributed by atoms with E-state index >= 15 is 0 Å². The van der Waals surface area contributed by atoms with Crippen LogP contribution in [0.15, 0.2) is 30.3 Å². The summed E-state index contributed by atoms with van der Waals surface area (Å²) in [5, 5.41) is 0. The Bertz CT molecular complexity index is 410. The van der Waals surface area contributed by atoms with Crippen LogP contribution >= 0.6 is 0 Å². The predicted octanol–water partition coefficient (Wildman–Crippen LogP) is 4.74. The maximum Gasteiger partial charge on any atom is 0.123 e. The van der Waals surface area contributed by atoms with Gasteiger partial charge >= 0.3 is 0 Å². The van der Waals surface area contributed by atoms with Gasteiger partial charge in [-0.25, -0.2) is 4.39 Å². The summed E-state index contributed by atoms with van der Waals surface area (Å²) in [6.45, 7) is 5.94.